The van der Waals surface area contributed by atoms with Crippen molar-refractivity contribution >= 4 is 23.5 Å². The van der Waals surface area contributed by atoms with Crippen LogP contribution in [0.2, 0.25) is 0 Å². The molecule has 0 amide bonds. The monoisotopic (exact) mass is 281 g/mol. The molecule has 0 aromatic heterocycles. The minimum absolute atomic E-state index is 0.730. The molecule has 0 heterocycles. The second-order valence-corrected chi connectivity index (χ2v) is 6.96. The fourth-order valence-electron chi connectivity index (χ4n) is 2.51. The molecule has 1 fully saturated rings. The van der Waals surface area contributed by atoms with Gasteiger partial charge in [-0.25, -0.2) is 0 Å². The minimum Gasteiger partial charge on any atom is -0.310 e. The molecule has 1 aliphatic rings. The van der Waals surface area contributed by atoms with E-state index >= 15 is 0 Å². The first-order valence-electron chi connectivity index (χ1n) is 6.71. The molecular weight excluding hydrogens is 258 g/mol. The van der Waals surface area contributed by atoms with Gasteiger partial charge in [0.2, 0.25) is 0 Å². The third-order valence-electron chi connectivity index (χ3n) is 3.76. The van der Waals surface area contributed by atoms with Crippen LogP contribution < -0.4 is 5.32 Å². The van der Waals surface area contributed by atoms with E-state index in [1.54, 1.807) is 11.8 Å². The van der Waals surface area contributed by atoms with Gasteiger partial charge in [0.05, 0.1) is 0 Å². The predicted molar refractivity (Wildman–Crippen MR) is 84.6 cm³/mol. The van der Waals surface area contributed by atoms with Gasteiger partial charge in [-0.1, -0.05) is 12.1 Å². The van der Waals surface area contributed by atoms with Crippen molar-refractivity contribution in [3.8, 4) is 0 Å². The molecule has 0 bridgehead atoms. The summed E-state index contributed by atoms with van der Waals surface area (Å²) in [6.45, 7) is 1.02. The SMILES string of the molecule is CSc1ccc(CNC2CCC(SC)CC2)cc1. The Bertz CT molecular complexity index is 342. The standard InChI is InChI=1S/C15H23NS2/c1-17-14-7-3-12(4-8-14)11-16-13-5-9-15(18-2)10-6-13/h3-4,7-8,13,15-16H,5-6,9-11H2,1-2H3. The van der Waals surface area contributed by atoms with E-state index in [4.69, 9.17) is 0 Å². The van der Waals surface area contributed by atoms with Crippen LogP contribution in [0.5, 0.6) is 0 Å². The first kappa shape index (κ1) is 14.3. The maximum absolute atomic E-state index is 3.70. The van der Waals surface area contributed by atoms with Crippen LogP contribution in [-0.4, -0.2) is 23.8 Å². The molecule has 100 valence electrons. The zero-order valence-electron chi connectivity index (χ0n) is 11.3. The molecule has 1 N–H and O–H groups in total. The lowest BCUT2D eigenvalue weighted by Gasteiger charge is -2.28. The molecule has 1 aliphatic carbocycles. The van der Waals surface area contributed by atoms with Crippen molar-refractivity contribution in [2.75, 3.05) is 12.5 Å². The molecule has 1 aromatic rings. The van der Waals surface area contributed by atoms with Gasteiger partial charge in [-0.15, -0.1) is 11.8 Å². The minimum atomic E-state index is 0.730. The Labute approximate surface area is 120 Å². The lowest BCUT2D eigenvalue weighted by atomic mass is 9.95. The van der Waals surface area contributed by atoms with Gasteiger partial charge in [0.25, 0.3) is 0 Å². The zero-order valence-corrected chi connectivity index (χ0v) is 12.9. The lowest BCUT2D eigenvalue weighted by Crippen LogP contribution is -2.33. The number of rotatable bonds is 5. The quantitative estimate of drug-likeness (QED) is 0.814. The largest absolute Gasteiger partial charge is 0.310 e. The molecule has 2 rings (SSSR count). The van der Waals surface area contributed by atoms with Gasteiger partial charge >= 0.3 is 0 Å². The van der Waals surface area contributed by atoms with Crippen molar-refractivity contribution in [1.29, 1.82) is 0 Å². The summed E-state index contributed by atoms with van der Waals surface area (Å²) in [4.78, 5) is 1.35. The Kier molecular flexibility index (Phi) is 5.93. The first-order chi connectivity index (χ1) is 8.81. The summed E-state index contributed by atoms with van der Waals surface area (Å²) in [7, 11) is 0. The summed E-state index contributed by atoms with van der Waals surface area (Å²) in [6, 6.07) is 9.64. The van der Waals surface area contributed by atoms with Gasteiger partial charge in [-0.2, -0.15) is 11.8 Å². The molecule has 1 aromatic carbocycles. The van der Waals surface area contributed by atoms with E-state index in [0.717, 1.165) is 17.8 Å². The summed E-state index contributed by atoms with van der Waals surface area (Å²) < 4.78 is 0. The van der Waals surface area contributed by atoms with E-state index in [1.807, 2.05) is 11.8 Å². The van der Waals surface area contributed by atoms with Crippen molar-refractivity contribution < 1.29 is 0 Å². The average Bonchev–Trinajstić information content (AvgIpc) is 2.46. The van der Waals surface area contributed by atoms with Crippen LogP contribution in [-0.2, 0) is 6.54 Å². The van der Waals surface area contributed by atoms with Crippen LogP contribution in [0.4, 0.5) is 0 Å². The Balaban J connectivity index is 1.74. The Morgan fingerprint density at radius 1 is 1.06 bits per heavy atom. The average molecular weight is 281 g/mol. The molecule has 0 spiro atoms. The van der Waals surface area contributed by atoms with E-state index < -0.39 is 0 Å². The smallest absolute Gasteiger partial charge is 0.0208 e. The highest BCUT2D eigenvalue weighted by atomic mass is 32.2. The summed E-state index contributed by atoms with van der Waals surface area (Å²) in [5.41, 5.74) is 1.40. The van der Waals surface area contributed by atoms with Crippen LogP contribution in [0.3, 0.4) is 0 Å². The van der Waals surface area contributed by atoms with Gasteiger partial charge in [0, 0.05) is 22.7 Å². The molecule has 3 heteroatoms. The van der Waals surface area contributed by atoms with Gasteiger partial charge in [-0.3, -0.25) is 0 Å². The Morgan fingerprint density at radius 3 is 2.28 bits per heavy atom. The van der Waals surface area contributed by atoms with E-state index in [9.17, 15) is 0 Å². The van der Waals surface area contributed by atoms with Crippen LogP contribution in [0.25, 0.3) is 0 Å². The molecule has 0 saturated heterocycles. The predicted octanol–water partition coefficient (Wildman–Crippen LogP) is 4.17. The van der Waals surface area contributed by atoms with Crippen molar-refractivity contribution in [3.05, 3.63) is 29.8 Å². The molecule has 0 aliphatic heterocycles. The maximum atomic E-state index is 3.70. The highest BCUT2D eigenvalue weighted by molar-refractivity contribution is 7.99. The van der Waals surface area contributed by atoms with Crippen LogP contribution in [0, 0.1) is 0 Å². The second-order valence-electron chi connectivity index (χ2n) is 4.94. The fraction of sp³-hybridized carbons (Fsp3) is 0.600. The maximum Gasteiger partial charge on any atom is 0.0208 e. The fourth-order valence-corrected chi connectivity index (χ4v) is 3.66. The molecule has 0 radical (unpaired) electrons. The number of benzene rings is 1. The number of thioether (sulfide) groups is 2. The lowest BCUT2D eigenvalue weighted by molar-refractivity contribution is 0.379. The Morgan fingerprint density at radius 2 is 1.72 bits per heavy atom. The third kappa shape index (κ3) is 4.22. The van der Waals surface area contributed by atoms with E-state index in [-0.39, 0.29) is 0 Å². The zero-order chi connectivity index (χ0) is 12.8. The van der Waals surface area contributed by atoms with Crippen LogP contribution in [0.1, 0.15) is 31.2 Å². The number of nitrogens with one attached hydrogen (secondary N) is 1. The van der Waals surface area contributed by atoms with Gasteiger partial charge in [-0.05, 0) is 55.9 Å². The summed E-state index contributed by atoms with van der Waals surface area (Å²) >= 11 is 3.84. The highest BCUT2D eigenvalue weighted by Crippen LogP contribution is 2.27. The summed E-state index contributed by atoms with van der Waals surface area (Å²) in [5.74, 6) is 0. The van der Waals surface area contributed by atoms with Gasteiger partial charge in [0.1, 0.15) is 0 Å². The van der Waals surface area contributed by atoms with E-state index in [0.29, 0.717) is 0 Å². The van der Waals surface area contributed by atoms with Crippen LogP contribution in [0.15, 0.2) is 29.2 Å². The summed E-state index contributed by atoms with van der Waals surface area (Å²) in [6.07, 6.45) is 9.81. The molecular formula is C15H23NS2. The normalized spacial score (nSPS) is 24.1. The van der Waals surface area contributed by atoms with Crippen LogP contribution >= 0.6 is 23.5 Å². The first-order valence-corrected chi connectivity index (χ1v) is 9.22. The topological polar surface area (TPSA) is 12.0 Å². The summed E-state index contributed by atoms with van der Waals surface area (Å²) in [5, 5.41) is 4.61. The molecule has 18 heavy (non-hydrogen) atoms. The third-order valence-corrected chi connectivity index (χ3v) is 5.64. The van der Waals surface area contributed by atoms with Gasteiger partial charge < -0.3 is 5.32 Å². The van der Waals surface area contributed by atoms with Crippen molar-refractivity contribution in [2.45, 2.75) is 48.4 Å². The van der Waals surface area contributed by atoms with E-state index in [1.165, 1.54) is 36.1 Å². The second kappa shape index (κ2) is 7.46. The number of hydrogen-bond donors (Lipinski definition) is 1. The van der Waals surface area contributed by atoms with E-state index in [2.05, 4.69) is 42.1 Å². The molecule has 0 unspecified atom stereocenters. The highest BCUT2D eigenvalue weighted by Gasteiger charge is 2.19. The number of hydrogen-bond acceptors (Lipinski definition) is 3. The molecule has 0 atom stereocenters. The van der Waals surface area contributed by atoms with Crippen molar-refractivity contribution in [1.82, 2.24) is 5.32 Å². The van der Waals surface area contributed by atoms with Gasteiger partial charge in [0.15, 0.2) is 0 Å². The molecule has 1 nitrogen and oxygen atoms in total. The molecule has 1 saturated carbocycles. The van der Waals surface area contributed by atoms with Crippen molar-refractivity contribution in [3.63, 3.8) is 0 Å². The van der Waals surface area contributed by atoms with Crippen molar-refractivity contribution in [2.24, 2.45) is 0 Å². The Hall–Kier alpha value is -0.120.